The van der Waals surface area contributed by atoms with Crippen LogP contribution in [0.2, 0.25) is 0 Å². The number of nitrogens with zero attached hydrogens (tertiary/aromatic N) is 9. The molecule has 0 bridgehead atoms. The third-order valence-corrected chi connectivity index (χ3v) is 13.7. The first-order valence-electron chi connectivity index (χ1n) is 24.5. The van der Waals surface area contributed by atoms with E-state index >= 15 is 0 Å². The zero-order valence-electron chi connectivity index (χ0n) is 39.7. The summed E-state index contributed by atoms with van der Waals surface area (Å²) in [5, 5.41) is 4.62. The van der Waals surface area contributed by atoms with Gasteiger partial charge in [0.25, 0.3) is 0 Å². The number of hydrogen-bond acceptors (Lipinski definition) is 7. The Morgan fingerprint density at radius 2 is 0.568 bits per heavy atom. The lowest BCUT2D eigenvalue weighted by atomic mass is 10.0. The second kappa shape index (κ2) is 17.9. The van der Waals surface area contributed by atoms with Crippen LogP contribution < -0.4 is 0 Å². The zero-order chi connectivity index (χ0) is 49.0. The van der Waals surface area contributed by atoms with Crippen LogP contribution in [0, 0.1) is 0 Å². The number of para-hydroxylation sites is 2. The fraction of sp³-hybridized carbons (Fsp3) is 0. The maximum Gasteiger partial charge on any atom is 0.165 e. The zero-order valence-corrected chi connectivity index (χ0v) is 39.7. The minimum Gasteiger partial charge on any atom is -0.309 e. The highest BCUT2D eigenvalue weighted by atomic mass is 15.1. The maximum atomic E-state index is 5.05. The fourth-order valence-electron chi connectivity index (χ4n) is 10.2. The van der Waals surface area contributed by atoms with Gasteiger partial charge in [-0.1, -0.05) is 182 Å². The molecule has 9 aromatic carbocycles. The van der Waals surface area contributed by atoms with Gasteiger partial charge in [-0.05, 0) is 65.7 Å². The minimum atomic E-state index is 0.553. The first-order chi connectivity index (χ1) is 36.7. The third-order valence-electron chi connectivity index (χ3n) is 13.7. The van der Waals surface area contributed by atoms with Crippen molar-refractivity contribution in [2.75, 3.05) is 0 Å². The van der Waals surface area contributed by atoms with E-state index in [1.165, 1.54) is 5.39 Å². The van der Waals surface area contributed by atoms with Gasteiger partial charge in [-0.2, -0.15) is 0 Å². The number of aromatic nitrogens is 9. The van der Waals surface area contributed by atoms with E-state index in [-0.39, 0.29) is 0 Å². The molecule has 0 N–H and O–H groups in total. The molecule has 0 aliphatic heterocycles. The Balaban J connectivity index is 0.856. The van der Waals surface area contributed by atoms with Gasteiger partial charge < -0.3 is 9.13 Å². The van der Waals surface area contributed by atoms with Crippen molar-refractivity contribution < 1.29 is 0 Å². The molecule has 0 spiro atoms. The molecule has 346 valence electrons. The van der Waals surface area contributed by atoms with Crippen LogP contribution >= 0.6 is 0 Å². The summed E-state index contributed by atoms with van der Waals surface area (Å²) in [6.07, 6.45) is 3.74. The van der Waals surface area contributed by atoms with Crippen molar-refractivity contribution >= 4 is 43.6 Å². The van der Waals surface area contributed by atoms with E-state index in [0.717, 1.165) is 94.1 Å². The van der Waals surface area contributed by atoms with Gasteiger partial charge in [0.2, 0.25) is 0 Å². The summed E-state index contributed by atoms with van der Waals surface area (Å²) in [4.78, 5) is 34.8. The highest BCUT2D eigenvalue weighted by molar-refractivity contribution is 6.12. The van der Waals surface area contributed by atoms with Crippen molar-refractivity contribution in [2.24, 2.45) is 0 Å². The Hall–Kier alpha value is -10.3. The number of hydrogen-bond donors (Lipinski definition) is 0. The summed E-state index contributed by atoms with van der Waals surface area (Å²) in [6.45, 7) is 0. The van der Waals surface area contributed by atoms with Gasteiger partial charge in [-0.25, -0.2) is 29.9 Å². The van der Waals surface area contributed by atoms with Gasteiger partial charge in [-0.15, -0.1) is 0 Å². The highest BCUT2D eigenvalue weighted by Crippen LogP contribution is 2.39. The second-order valence-electron chi connectivity index (χ2n) is 18.2. The molecule has 0 saturated heterocycles. The molecule has 0 unspecified atom stereocenters. The number of rotatable bonds is 9. The number of pyridine rings is 1. The lowest BCUT2D eigenvalue weighted by molar-refractivity contribution is 1.06. The van der Waals surface area contributed by atoms with E-state index in [1.54, 1.807) is 0 Å². The van der Waals surface area contributed by atoms with Crippen LogP contribution in [0.3, 0.4) is 0 Å². The Kier molecular flexibility index (Phi) is 10.3. The quantitative estimate of drug-likeness (QED) is 0.142. The summed E-state index contributed by atoms with van der Waals surface area (Å²) in [7, 11) is 0. The SMILES string of the molecule is c1ccc(-c2nc(-c3ccccc3)nc(-c3cccc(-n4c5ccccc5c5cc(-c6ccc7c(c6)c6ccccc6n7-c6cncc(-c7nc(-c8ccccc8)nc(-c8ccccc8)n7)c6)ccc54)c3)n2)cc1. The van der Waals surface area contributed by atoms with Crippen molar-refractivity contribution in [3.63, 3.8) is 0 Å². The van der Waals surface area contributed by atoms with Crippen LogP contribution in [0.25, 0.3) is 134 Å². The Morgan fingerprint density at radius 3 is 1.03 bits per heavy atom. The first kappa shape index (κ1) is 42.6. The van der Waals surface area contributed by atoms with Crippen LogP contribution in [0.4, 0.5) is 0 Å². The highest BCUT2D eigenvalue weighted by Gasteiger charge is 2.20. The molecule has 0 aliphatic rings. The molecule has 14 aromatic rings. The molecule has 9 nitrogen and oxygen atoms in total. The van der Waals surface area contributed by atoms with E-state index in [2.05, 4.69) is 124 Å². The van der Waals surface area contributed by atoms with E-state index in [0.29, 0.717) is 34.9 Å². The molecular formula is C65H41N9. The molecule has 0 amide bonds. The van der Waals surface area contributed by atoms with Gasteiger partial charge >= 0.3 is 0 Å². The summed E-state index contributed by atoms with van der Waals surface area (Å²) < 4.78 is 4.63. The Bertz CT molecular complexity index is 4020. The van der Waals surface area contributed by atoms with Crippen LogP contribution in [0.5, 0.6) is 0 Å². The molecule has 9 heteroatoms. The molecule has 5 aromatic heterocycles. The molecule has 74 heavy (non-hydrogen) atoms. The van der Waals surface area contributed by atoms with Crippen LogP contribution in [0.1, 0.15) is 0 Å². The van der Waals surface area contributed by atoms with Gasteiger partial charge in [0, 0.05) is 66.8 Å². The molecule has 0 atom stereocenters. The second-order valence-corrected chi connectivity index (χ2v) is 18.2. The predicted molar refractivity (Wildman–Crippen MR) is 298 cm³/mol. The average molecular weight is 948 g/mol. The van der Waals surface area contributed by atoms with Crippen molar-refractivity contribution in [1.82, 2.24) is 44.0 Å². The molecule has 0 radical (unpaired) electrons. The van der Waals surface area contributed by atoms with E-state index in [9.17, 15) is 0 Å². The first-order valence-corrected chi connectivity index (χ1v) is 24.5. The summed E-state index contributed by atoms with van der Waals surface area (Å²) in [6, 6.07) is 81.7. The molecular weight excluding hydrogens is 907 g/mol. The summed E-state index contributed by atoms with van der Waals surface area (Å²) >= 11 is 0. The topological polar surface area (TPSA) is 100 Å². The lowest BCUT2D eigenvalue weighted by Crippen LogP contribution is -2.01. The van der Waals surface area contributed by atoms with Gasteiger partial charge in [0.05, 0.1) is 34.0 Å². The Morgan fingerprint density at radius 1 is 0.216 bits per heavy atom. The Labute approximate surface area is 425 Å². The molecule has 0 saturated carbocycles. The normalized spacial score (nSPS) is 11.5. The molecule has 0 fully saturated rings. The van der Waals surface area contributed by atoms with E-state index in [4.69, 9.17) is 34.9 Å². The summed E-state index contributed by atoms with van der Waals surface area (Å²) in [5.41, 5.74) is 13.9. The third kappa shape index (κ3) is 7.55. The van der Waals surface area contributed by atoms with Crippen molar-refractivity contribution in [3.8, 4) is 90.8 Å². The number of fused-ring (bicyclic) bond motifs is 6. The smallest absolute Gasteiger partial charge is 0.165 e. The monoisotopic (exact) mass is 947 g/mol. The lowest BCUT2D eigenvalue weighted by Gasteiger charge is -2.12. The van der Waals surface area contributed by atoms with Gasteiger partial charge in [0.1, 0.15) is 0 Å². The average Bonchev–Trinajstić information content (AvgIpc) is 4.02. The van der Waals surface area contributed by atoms with E-state index < -0.39 is 0 Å². The number of benzene rings is 9. The predicted octanol–water partition coefficient (Wildman–Crippen LogP) is 15.3. The van der Waals surface area contributed by atoms with Gasteiger partial charge in [0.15, 0.2) is 34.9 Å². The van der Waals surface area contributed by atoms with Crippen molar-refractivity contribution in [2.45, 2.75) is 0 Å². The van der Waals surface area contributed by atoms with Crippen LogP contribution in [-0.2, 0) is 0 Å². The molecule has 5 heterocycles. The van der Waals surface area contributed by atoms with Crippen LogP contribution in [-0.4, -0.2) is 44.0 Å². The van der Waals surface area contributed by atoms with Crippen molar-refractivity contribution in [1.29, 1.82) is 0 Å². The van der Waals surface area contributed by atoms with E-state index in [1.807, 2.05) is 134 Å². The standard InChI is InChI=1S/C65H41N9/c1-5-18-42(19-6-1)60-67-61(43-20-7-2-8-21-43)70-64(69-60)48-26-17-27-50(36-48)73-56-30-15-13-28-52(56)54-38-46(32-34-58(54)73)47-33-35-59-55(39-47)53-29-14-16-31-57(53)74(59)51-37-49(40-66-41-51)65-71-62(44-22-9-3-10-23-44)68-63(72-65)45-24-11-4-12-25-45/h1-41H. The molecule has 0 aliphatic carbocycles. The minimum absolute atomic E-state index is 0.553. The molecule has 14 rings (SSSR count). The summed E-state index contributed by atoms with van der Waals surface area (Å²) in [5.74, 6) is 3.63. The van der Waals surface area contributed by atoms with Crippen LogP contribution in [0.15, 0.2) is 249 Å². The maximum absolute atomic E-state index is 5.05. The van der Waals surface area contributed by atoms with Crippen molar-refractivity contribution in [3.05, 3.63) is 249 Å². The van der Waals surface area contributed by atoms with Gasteiger partial charge in [-0.3, -0.25) is 4.98 Å². The largest absolute Gasteiger partial charge is 0.309 e. The fourth-order valence-corrected chi connectivity index (χ4v) is 10.2.